The summed E-state index contributed by atoms with van der Waals surface area (Å²) >= 11 is 0. The lowest BCUT2D eigenvalue weighted by molar-refractivity contribution is 0.634. The molecular weight excluding hydrogens is 383 g/mol. The molecule has 0 amide bonds. The third kappa shape index (κ3) is 3.64. The van der Waals surface area contributed by atoms with Gasteiger partial charge in [-0.3, -0.25) is 0 Å². The Kier molecular flexibility index (Phi) is 5.34. The molecule has 148 valence electrons. The van der Waals surface area contributed by atoms with Gasteiger partial charge >= 0.3 is 0 Å². The van der Waals surface area contributed by atoms with Gasteiger partial charge in [-0.25, -0.2) is 4.98 Å². The molecule has 1 atom stereocenters. The molecule has 0 bridgehead atoms. The molecule has 0 saturated carbocycles. The second-order valence-corrected chi connectivity index (χ2v) is 9.85. The molecule has 1 aromatic heterocycles. The van der Waals surface area contributed by atoms with E-state index in [0.29, 0.717) is 6.04 Å². The average molecular weight is 408 g/mol. The highest BCUT2D eigenvalue weighted by molar-refractivity contribution is 7.74. The van der Waals surface area contributed by atoms with Crippen LogP contribution < -0.4 is 15.3 Å². The third-order valence-corrected chi connectivity index (χ3v) is 8.30. The van der Waals surface area contributed by atoms with Crippen LogP contribution in [0.3, 0.4) is 0 Å². The van der Waals surface area contributed by atoms with E-state index in [1.165, 1.54) is 21.7 Å². The van der Waals surface area contributed by atoms with Gasteiger partial charge in [-0.2, -0.15) is 0 Å². The molecule has 4 aromatic rings. The summed E-state index contributed by atoms with van der Waals surface area (Å²) in [6.45, 7) is 2.35. The van der Waals surface area contributed by atoms with Crippen molar-refractivity contribution in [2.45, 2.75) is 25.8 Å². The first kappa shape index (κ1) is 19.0. The second kappa shape index (κ2) is 8.42. The van der Waals surface area contributed by atoms with Crippen molar-refractivity contribution < 1.29 is 0 Å². The Hall–Kier alpha value is -2.96. The first-order valence-electron chi connectivity index (χ1n) is 10.6. The fourth-order valence-corrected chi connectivity index (χ4v) is 6.74. The molecule has 1 aliphatic heterocycles. The van der Waals surface area contributed by atoms with Crippen LogP contribution in [0.5, 0.6) is 0 Å². The fourth-order valence-electron chi connectivity index (χ4n) is 4.16. The average Bonchev–Trinajstić information content (AvgIpc) is 2.82. The van der Waals surface area contributed by atoms with Crippen LogP contribution in [0, 0.1) is 0 Å². The minimum atomic E-state index is -0.705. The number of benzene rings is 3. The van der Waals surface area contributed by atoms with Crippen LogP contribution in [0.2, 0.25) is 0 Å². The van der Waals surface area contributed by atoms with Crippen LogP contribution in [-0.4, -0.2) is 11.0 Å². The van der Waals surface area contributed by atoms with Gasteiger partial charge in [0.2, 0.25) is 0 Å². The van der Waals surface area contributed by atoms with Gasteiger partial charge in [0.1, 0.15) is 5.82 Å². The molecule has 3 aromatic carbocycles. The number of aromatic nitrogens is 1. The maximum Gasteiger partial charge on any atom is 0.136 e. The standard InChI is InChI=1S/C27H25N2P/c1-21-17-18-23-19-20-26(22-11-5-2-6-12-22)28-27(23)29(21)30(24-13-7-3-8-14-24)25-15-9-4-10-16-25/h2-16,19-21H,17-18H2,1H3/t21-/m1/s1. The molecule has 2 nitrogen and oxygen atoms in total. The van der Waals surface area contributed by atoms with Crippen LogP contribution in [0.25, 0.3) is 11.3 Å². The third-order valence-electron chi connectivity index (χ3n) is 5.71. The van der Waals surface area contributed by atoms with Crippen molar-refractivity contribution in [2.75, 3.05) is 4.67 Å². The lowest BCUT2D eigenvalue weighted by atomic mass is 10.0. The summed E-state index contributed by atoms with van der Waals surface area (Å²) in [7, 11) is -0.705. The summed E-state index contributed by atoms with van der Waals surface area (Å²) in [5.74, 6) is 1.15. The van der Waals surface area contributed by atoms with E-state index in [0.717, 1.165) is 24.4 Å². The Labute approximate surface area is 180 Å². The van der Waals surface area contributed by atoms with Gasteiger partial charge in [-0.1, -0.05) is 97.1 Å². The molecule has 0 radical (unpaired) electrons. The Morgan fingerprint density at radius 1 is 0.733 bits per heavy atom. The van der Waals surface area contributed by atoms with Crippen molar-refractivity contribution >= 4 is 24.5 Å². The van der Waals surface area contributed by atoms with Crippen molar-refractivity contribution in [2.24, 2.45) is 0 Å². The number of pyridine rings is 1. The summed E-state index contributed by atoms with van der Waals surface area (Å²) in [5, 5.41) is 2.73. The van der Waals surface area contributed by atoms with Crippen LogP contribution in [0.4, 0.5) is 5.82 Å². The van der Waals surface area contributed by atoms with Crippen molar-refractivity contribution in [3.8, 4) is 11.3 Å². The summed E-state index contributed by atoms with van der Waals surface area (Å²) in [6.07, 6.45) is 2.24. The lowest BCUT2D eigenvalue weighted by Gasteiger charge is -2.42. The van der Waals surface area contributed by atoms with E-state index in [9.17, 15) is 0 Å². The zero-order valence-electron chi connectivity index (χ0n) is 17.1. The summed E-state index contributed by atoms with van der Waals surface area (Å²) in [5.41, 5.74) is 3.57. The summed E-state index contributed by atoms with van der Waals surface area (Å²) in [4.78, 5) is 5.23. The molecule has 2 heterocycles. The van der Waals surface area contributed by atoms with E-state index in [2.05, 4.69) is 115 Å². The van der Waals surface area contributed by atoms with Crippen molar-refractivity contribution in [1.29, 1.82) is 0 Å². The molecule has 0 aliphatic carbocycles. The highest BCUT2D eigenvalue weighted by Gasteiger charge is 2.32. The van der Waals surface area contributed by atoms with Gasteiger partial charge < -0.3 is 4.67 Å². The minimum Gasteiger partial charge on any atom is -0.325 e. The molecule has 0 N–H and O–H groups in total. The molecule has 0 unspecified atom stereocenters. The summed E-state index contributed by atoms with van der Waals surface area (Å²) < 4.78 is 2.60. The quantitative estimate of drug-likeness (QED) is 0.389. The Morgan fingerprint density at radius 2 is 1.30 bits per heavy atom. The van der Waals surface area contributed by atoms with Crippen molar-refractivity contribution in [3.05, 3.63) is 109 Å². The fraction of sp³-hybridized carbons (Fsp3) is 0.148. The Bertz CT molecular complexity index is 1070. The van der Waals surface area contributed by atoms with Crippen LogP contribution in [0.1, 0.15) is 18.9 Å². The van der Waals surface area contributed by atoms with E-state index in [-0.39, 0.29) is 0 Å². The minimum absolute atomic E-state index is 0.433. The molecular formula is C27H25N2P. The molecule has 0 saturated heterocycles. The van der Waals surface area contributed by atoms with Gasteiger partial charge in [0, 0.05) is 22.2 Å². The van der Waals surface area contributed by atoms with E-state index in [1.54, 1.807) is 0 Å². The second-order valence-electron chi connectivity index (χ2n) is 7.76. The van der Waals surface area contributed by atoms with E-state index in [1.807, 2.05) is 0 Å². The van der Waals surface area contributed by atoms with Gasteiger partial charge in [0.15, 0.2) is 0 Å². The molecule has 5 rings (SSSR count). The van der Waals surface area contributed by atoms with Crippen molar-refractivity contribution in [1.82, 2.24) is 4.98 Å². The maximum atomic E-state index is 5.23. The SMILES string of the molecule is C[C@@H]1CCc2ccc(-c3ccccc3)nc2N1P(c1ccccc1)c1ccccc1. The highest BCUT2D eigenvalue weighted by atomic mass is 31.1. The Morgan fingerprint density at radius 3 is 1.90 bits per heavy atom. The maximum absolute atomic E-state index is 5.23. The predicted octanol–water partition coefficient (Wildman–Crippen LogP) is 5.94. The van der Waals surface area contributed by atoms with E-state index >= 15 is 0 Å². The van der Waals surface area contributed by atoms with E-state index < -0.39 is 8.07 Å². The largest absolute Gasteiger partial charge is 0.325 e. The van der Waals surface area contributed by atoms with Crippen molar-refractivity contribution in [3.63, 3.8) is 0 Å². The van der Waals surface area contributed by atoms with Gasteiger partial charge in [0.05, 0.1) is 13.8 Å². The van der Waals surface area contributed by atoms with Gasteiger partial charge in [0.25, 0.3) is 0 Å². The molecule has 0 spiro atoms. The van der Waals surface area contributed by atoms with Crippen LogP contribution in [-0.2, 0) is 6.42 Å². The number of hydrogen-bond donors (Lipinski definition) is 0. The summed E-state index contributed by atoms with van der Waals surface area (Å²) in [6, 6.07) is 37.2. The van der Waals surface area contributed by atoms with Crippen LogP contribution >= 0.6 is 8.07 Å². The number of anilines is 1. The number of fused-ring (bicyclic) bond motifs is 1. The number of hydrogen-bond acceptors (Lipinski definition) is 2. The molecule has 30 heavy (non-hydrogen) atoms. The zero-order chi connectivity index (χ0) is 20.3. The topological polar surface area (TPSA) is 16.1 Å². The number of nitrogens with zero attached hydrogens (tertiary/aromatic N) is 2. The normalized spacial score (nSPS) is 15.8. The predicted molar refractivity (Wildman–Crippen MR) is 129 cm³/mol. The van der Waals surface area contributed by atoms with Gasteiger partial charge in [-0.15, -0.1) is 0 Å². The molecule has 1 aliphatic rings. The number of rotatable bonds is 4. The first-order chi connectivity index (χ1) is 14.8. The monoisotopic (exact) mass is 408 g/mol. The van der Waals surface area contributed by atoms with Crippen LogP contribution in [0.15, 0.2) is 103 Å². The first-order valence-corrected chi connectivity index (χ1v) is 11.9. The Balaban J connectivity index is 1.67. The molecule has 0 fully saturated rings. The number of aryl methyl sites for hydroxylation is 1. The van der Waals surface area contributed by atoms with E-state index in [4.69, 9.17) is 4.98 Å². The smallest absolute Gasteiger partial charge is 0.136 e. The highest BCUT2D eigenvalue weighted by Crippen LogP contribution is 2.47. The zero-order valence-corrected chi connectivity index (χ0v) is 18.0. The molecule has 3 heteroatoms. The lowest BCUT2D eigenvalue weighted by Crippen LogP contribution is -2.39. The van der Waals surface area contributed by atoms with Gasteiger partial charge in [-0.05, 0) is 31.4 Å².